The van der Waals surface area contributed by atoms with E-state index in [1.165, 1.54) is 23.2 Å². The standard InChI is InChI=1S/C14H13FN2O3/c15-11-3-1-2-9-10(8-16-12(9)11)13(18)14(19)17-4-6-20-7-5-17/h1-3,8,16H,4-7H2. The number of fused-ring (bicyclic) bond motifs is 1. The van der Waals surface area contributed by atoms with Crippen molar-refractivity contribution >= 4 is 22.6 Å². The number of nitrogens with one attached hydrogen (secondary N) is 1. The highest BCUT2D eigenvalue weighted by Gasteiger charge is 2.26. The van der Waals surface area contributed by atoms with Gasteiger partial charge < -0.3 is 14.6 Å². The van der Waals surface area contributed by atoms with Crippen LogP contribution in [0.1, 0.15) is 10.4 Å². The first-order valence-electron chi connectivity index (χ1n) is 6.35. The van der Waals surface area contributed by atoms with Crippen LogP contribution in [0, 0.1) is 5.82 Å². The number of aromatic amines is 1. The second kappa shape index (κ2) is 5.05. The summed E-state index contributed by atoms with van der Waals surface area (Å²) in [7, 11) is 0. The number of hydrogen-bond donors (Lipinski definition) is 1. The molecule has 0 radical (unpaired) electrons. The van der Waals surface area contributed by atoms with Gasteiger partial charge in [0.25, 0.3) is 11.7 Å². The Kier molecular flexibility index (Phi) is 3.23. The lowest BCUT2D eigenvalue weighted by molar-refractivity contribution is -0.130. The lowest BCUT2D eigenvalue weighted by atomic mass is 10.1. The van der Waals surface area contributed by atoms with Crippen molar-refractivity contribution in [2.24, 2.45) is 0 Å². The Balaban J connectivity index is 1.92. The van der Waals surface area contributed by atoms with Crippen LogP contribution in [0.2, 0.25) is 0 Å². The summed E-state index contributed by atoms with van der Waals surface area (Å²) in [5.41, 5.74) is 0.446. The molecular formula is C14H13FN2O3. The van der Waals surface area contributed by atoms with Gasteiger partial charge >= 0.3 is 0 Å². The molecule has 0 unspecified atom stereocenters. The number of rotatable bonds is 2. The lowest BCUT2D eigenvalue weighted by Crippen LogP contribution is -2.44. The van der Waals surface area contributed by atoms with Gasteiger partial charge in [0.1, 0.15) is 5.82 Å². The SMILES string of the molecule is O=C(C(=O)N1CCOCC1)c1c[nH]c2c(F)cccc12. The van der Waals surface area contributed by atoms with Crippen molar-refractivity contribution in [3.63, 3.8) is 0 Å². The highest BCUT2D eigenvalue weighted by Crippen LogP contribution is 2.21. The van der Waals surface area contributed by atoms with E-state index in [4.69, 9.17) is 4.74 Å². The van der Waals surface area contributed by atoms with Crippen molar-refractivity contribution < 1.29 is 18.7 Å². The minimum atomic E-state index is -0.622. The summed E-state index contributed by atoms with van der Waals surface area (Å²) in [6, 6.07) is 4.44. The largest absolute Gasteiger partial charge is 0.378 e. The van der Waals surface area contributed by atoms with Crippen LogP contribution in [0.3, 0.4) is 0 Å². The second-order valence-electron chi connectivity index (χ2n) is 4.60. The number of hydrogen-bond acceptors (Lipinski definition) is 3. The Morgan fingerprint density at radius 2 is 2.00 bits per heavy atom. The van der Waals surface area contributed by atoms with E-state index < -0.39 is 17.5 Å². The molecule has 1 fully saturated rings. The Labute approximate surface area is 114 Å². The van der Waals surface area contributed by atoms with Gasteiger partial charge in [0.2, 0.25) is 0 Å². The topological polar surface area (TPSA) is 62.4 Å². The molecule has 1 N–H and O–H groups in total. The first-order chi connectivity index (χ1) is 9.68. The fraction of sp³-hybridized carbons (Fsp3) is 0.286. The summed E-state index contributed by atoms with van der Waals surface area (Å²) in [5.74, 6) is -1.64. The predicted molar refractivity (Wildman–Crippen MR) is 70.0 cm³/mol. The molecule has 3 rings (SSSR count). The van der Waals surface area contributed by atoms with E-state index in [-0.39, 0.29) is 11.1 Å². The zero-order valence-corrected chi connectivity index (χ0v) is 10.7. The average molecular weight is 276 g/mol. The van der Waals surface area contributed by atoms with Gasteiger partial charge in [-0.3, -0.25) is 9.59 Å². The van der Waals surface area contributed by atoms with Crippen molar-refractivity contribution in [2.45, 2.75) is 0 Å². The van der Waals surface area contributed by atoms with Gasteiger partial charge in [-0.1, -0.05) is 12.1 Å². The first-order valence-corrected chi connectivity index (χ1v) is 6.35. The Morgan fingerprint density at radius 3 is 2.75 bits per heavy atom. The third-order valence-corrected chi connectivity index (χ3v) is 3.40. The van der Waals surface area contributed by atoms with Gasteiger partial charge in [-0.05, 0) is 6.07 Å². The van der Waals surface area contributed by atoms with Crippen molar-refractivity contribution in [2.75, 3.05) is 26.3 Å². The quantitative estimate of drug-likeness (QED) is 0.665. The molecule has 1 saturated heterocycles. The normalized spacial score (nSPS) is 15.6. The third kappa shape index (κ3) is 2.08. The number of benzene rings is 1. The number of para-hydroxylation sites is 1. The molecule has 20 heavy (non-hydrogen) atoms. The van der Waals surface area contributed by atoms with E-state index in [1.807, 2.05) is 0 Å². The minimum absolute atomic E-state index is 0.205. The Hall–Kier alpha value is -2.21. The van der Waals surface area contributed by atoms with E-state index in [2.05, 4.69) is 4.98 Å². The summed E-state index contributed by atoms with van der Waals surface area (Å²) < 4.78 is 18.7. The maximum Gasteiger partial charge on any atom is 0.295 e. The zero-order valence-electron chi connectivity index (χ0n) is 10.7. The molecule has 1 aliphatic heterocycles. The van der Waals surface area contributed by atoms with Crippen LogP contribution in [0.25, 0.3) is 10.9 Å². The Morgan fingerprint density at radius 1 is 1.25 bits per heavy atom. The summed E-state index contributed by atoms with van der Waals surface area (Å²) >= 11 is 0. The molecule has 1 aliphatic rings. The smallest absolute Gasteiger partial charge is 0.295 e. The molecule has 0 bridgehead atoms. The number of carbonyl (C=O) groups excluding carboxylic acids is 2. The fourth-order valence-corrected chi connectivity index (χ4v) is 2.33. The van der Waals surface area contributed by atoms with E-state index in [0.29, 0.717) is 31.7 Å². The number of aromatic nitrogens is 1. The summed E-state index contributed by atoms with van der Waals surface area (Å²) in [6.07, 6.45) is 1.38. The van der Waals surface area contributed by atoms with Crippen molar-refractivity contribution in [1.82, 2.24) is 9.88 Å². The second-order valence-corrected chi connectivity index (χ2v) is 4.60. The highest BCUT2D eigenvalue weighted by atomic mass is 19.1. The molecule has 0 saturated carbocycles. The van der Waals surface area contributed by atoms with Gasteiger partial charge in [0.05, 0.1) is 24.3 Å². The van der Waals surface area contributed by atoms with Crippen LogP contribution < -0.4 is 0 Å². The predicted octanol–water partition coefficient (Wildman–Crippen LogP) is 1.35. The Bertz CT molecular complexity index is 674. The maximum atomic E-state index is 13.6. The molecule has 0 atom stereocenters. The number of ketones is 1. The molecule has 0 spiro atoms. The summed E-state index contributed by atoms with van der Waals surface area (Å²) in [5, 5.41) is 0.427. The van der Waals surface area contributed by atoms with Crippen molar-refractivity contribution in [3.8, 4) is 0 Å². The number of morpholine rings is 1. The van der Waals surface area contributed by atoms with Crippen LogP contribution >= 0.6 is 0 Å². The van der Waals surface area contributed by atoms with Crippen LogP contribution in [-0.4, -0.2) is 47.9 Å². The van der Waals surface area contributed by atoms with Gasteiger partial charge in [0, 0.05) is 24.7 Å². The maximum absolute atomic E-state index is 13.6. The van der Waals surface area contributed by atoms with Crippen molar-refractivity contribution in [3.05, 3.63) is 35.8 Å². The lowest BCUT2D eigenvalue weighted by Gasteiger charge is -2.25. The van der Waals surface area contributed by atoms with E-state index in [0.717, 1.165) is 0 Å². The molecule has 104 valence electrons. The van der Waals surface area contributed by atoms with Gasteiger partial charge in [-0.25, -0.2) is 4.39 Å². The average Bonchev–Trinajstić information content (AvgIpc) is 2.92. The van der Waals surface area contributed by atoms with Gasteiger partial charge in [0.15, 0.2) is 0 Å². The van der Waals surface area contributed by atoms with E-state index in [1.54, 1.807) is 6.07 Å². The zero-order chi connectivity index (χ0) is 14.1. The van der Waals surface area contributed by atoms with Crippen LogP contribution in [0.15, 0.2) is 24.4 Å². The van der Waals surface area contributed by atoms with Crippen LogP contribution in [-0.2, 0) is 9.53 Å². The van der Waals surface area contributed by atoms with E-state index in [9.17, 15) is 14.0 Å². The number of ether oxygens (including phenoxy) is 1. The molecule has 1 aromatic heterocycles. The van der Waals surface area contributed by atoms with Gasteiger partial charge in [-0.2, -0.15) is 0 Å². The number of amides is 1. The summed E-state index contributed by atoms with van der Waals surface area (Å²) in [4.78, 5) is 28.6. The number of Topliss-reactive ketones (excluding diaryl/α,β-unsaturated/α-hetero) is 1. The summed E-state index contributed by atoms with van der Waals surface area (Å²) in [6.45, 7) is 1.67. The highest BCUT2D eigenvalue weighted by molar-refractivity contribution is 6.44. The molecule has 1 amide bonds. The van der Waals surface area contributed by atoms with Gasteiger partial charge in [-0.15, -0.1) is 0 Å². The first kappa shape index (κ1) is 12.8. The number of nitrogens with zero attached hydrogens (tertiary/aromatic N) is 1. The molecular weight excluding hydrogens is 263 g/mol. The number of halogens is 1. The molecule has 0 aliphatic carbocycles. The molecule has 2 heterocycles. The third-order valence-electron chi connectivity index (χ3n) is 3.40. The molecule has 1 aromatic carbocycles. The molecule has 5 nitrogen and oxygen atoms in total. The molecule has 6 heteroatoms. The van der Waals surface area contributed by atoms with E-state index >= 15 is 0 Å². The number of carbonyl (C=O) groups is 2. The fourth-order valence-electron chi connectivity index (χ4n) is 2.33. The van der Waals surface area contributed by atoms with Crippen LogP contribution in [0.4, 0.5) is 4.39 Å². The number of H-pyrrole nitrogens is 1. The monoisotopic (exact) mass is 276 g/mol. The van der Waals surface area contributed by atoms with Crippen molar-refractivity contribution in [1.29, 1.82) is 0 Å². The van der Waals surface area contributed by atoms with Crippen LogP contribution in [0.5, 0.6) is 0 Å². The molecule has 2 aromatic rings. The minimum Gasteiger partial charge on any atom is -0.378 e.